The molecule has 8 heteroatoms. The molecule has 0 saturated heterocycles. The number of halogens is 1. The highest BCUT2D eigenvalue weighted by Crippen LogP contribution is 2.26. The predicted molar refractivity (Wildman–Crippen MR) is 78.8 cm³/mol. The van der Waals surface area contributed by atoms with E-state index in [9.17, 15) is 13.2 Å². The first-order valence-corrected chi connectivity index (χ1v) is 8.09. The minimum atomic E-state index is -4.06. The van der Waals surface area contributed by atoms with Crippen LogP contribution in [0.2, 0.25) is 5.02 Å². The van der Waals surface area contributed by atoms with Gasteiger partial charge in [0.25, 0.3) is 0 Å². The van der Waals surface area contributed by atoms with Crippen molar-refractivity contribution in [2.24, 2.45) is 0 Å². The minimum Gasteiger partial charge on any atom is -0.468 e. The molecular formula is C13H18ClNO5S. The van der Waals surface area contributed by atoms with Crippen molar-refractivity contribution in [1.82, 2.24) is 4.72 Å². The highest BCUT2D eigenvalue weighted by Gasteiger charge is 2.27. The van der Waals surface area contributed by atoms with Gasteiger partial charge < -0.3 is 9.84 Å². The number of methoxy groups -OCH3 is 1. The number of benzene rings is 1. The fourth-order valence-electron chi connectivity index (χ4n) is 1.64. The van der Waals surface area contributed by atoms with Crippen molar-refractivity contribution >= 4 is 27.6 Å². The predicted octanol–water partition coefficient (Wildman–Crippen LogP) is 1.28. The summed E-state index contributed by atoms with van der Waals surface area (Å²) >= 11 is 5.93. The van der Waals surface area contributed by atoms with Crippen LogP contribution in [0, 0.1) is 0 Å². The number of aliphatic hydroxyl groups excluding tert-OH is 1. The van der Waals surface area contributed by atoms with Crippen LogP contribution in [-0.2, 0) is 19.6 Å². The number of nitrogens with one attached hydrogen (secondary N) is 1. The summed E-state index contributed by atoms with van der Waals surface area (Å²) in [7, 11) is -2.95. The smallest absolute Gasteiger partial charge is 0.326 e. The zero-order valence-electron chi connectivity index (χ0n) is 12.0. The third-order valence-electron chi connectivity index (χ3n) is 2.88. The van der Waals surface area contributed by atoms with Crippen molar-refractivity contribution in [2.75, 3.05) is 13.7 Å². The third-order valence-corrected chi connectivity index (χ3v) is 4.83. The van der Waals surface area contributed by atoms with Gasteiger partial charge in [0.1, 0.15) is 10.9 Å². The lowest BCUT2D eigenvalue weighted by molar-refractivity contribution is -0.143. The zero-order valence-corrected chi connectivity index (χ0v) is 13.5. The first-order chi connectivity index (χ1) is 9.72. The van der Waals surface area contributed by atoms with E-state index in [2.05, 4.69) is 9.46 Å². The van der Waals surface area contributed by atoms with Crippen molar-refractivity contribution in [3.63, 3.8) is 0 Å². The van der Waals surface area contributed by atoms with Gasteiger partial charge in [-0.15, -0.1) is 0 Å². The molecule has 0 amide bonds. The number of esters is 1. The maximum atomic E-state index is 12.3. The molecule has 0 radical (unpaired) electrons. The average molecular weight is 336 g/mol. The molecule has 0 fully saturated rings. The fraction of sp³-hybridized carbons (Fsp3) is 0.462. The number of rotatable bonds is 6. The summed E-state index contributed by atoms with van der Waals surface area (Å²) in [5, 5.41) is 9.12. The van der Waals surface area contributed by atoms with Gasteiger partial charge in [-0.25, -0.2) is 8.42 Å². The van der Waals surface area contributed by atoms with E-state index in [1.807, 2.05) is 13.8 Å². The SMILES string of the molecule is COC(=O)[C@H](CO)NS(=O)(=O)c1cc(C(C)C)ccc1Cl. The van der Waals surface area contributed by atoms with Gasteiger partial charge in [0.15, 0.2) is 0 Å². The molecule has 0 spiro atoms. The van der Waals surface area contributed by atoms with Crippen LogP contribution in [-0.4, -0.2) is 39.3 Å². The molecule has 0 heterocycles. The summed E-state index contributed by atoms with van der Waals surface area (Å²) in [6, 6.07) is 3.29. The van der Waals surface area contributed by atoms with Gasteiger partial charge in [0.05, 0.1) is 18.7 Å². The number of sulfonamides is 1. The maximum Gasteiger partial charge on any atom is 0.326 e. The lowest BCUT2D eigenvalue weighted by Gasteiger charge is -2.16. The standard InChI is InChI=1S/C13H18ClNO5S/c1-8(2)9-4-5-10(14)12(6-9)21(18,19)15-11(7-16)13(17)20-3/h4-6,8,11,15-16H,7H2,1-3H3/t11-/m0/s1. The van der Waals surface area contributed by atoms with E-state index < -0.39 is 28.6 Å². The summed E-state index contributed by atoms with van der Waals surface area (Å²) < 4.78 is 31.1. The Morgan fingerprint density at radius 3 is 2.52 bits per heavy atom. The van der Waals surface area contributed by atoms with Gasteiger partial charge in [-0.3, -0.25) is 4.79 Å². The Kier molecular flexibility index (Phi) is 6.15. The number of carbonyl (C=O) groups excluding carboxylic acids is 1. The Balaban J connectivity index is 3.18. The second-order valence-corrected chi connectivity index (χ2v) is 6.81. The minimum absolute atomic E-state index is 0.0356. The highest BCUT2D eigenvalue weighted by molar-refractivity contribution is 7.89. The van der Waals surface area contributed by atoms with Crippen LogP contribution in [0.1, 0.15) is 25.3 Å². The second-order valence-electron chi connectivity index (χ2n) is 4.72. The Morgan fingerprint density at radius 1 is 1.43 bits per heavy atom. The number of ether oxygens (including phenoxy) is 1. The Labute approximate surface area is 129 Å². The highest BCUT2D eigenvalue weighted by atomic mass is 35.5. The van der Waals surface area contributed by atoms with E-state index in [1.165, 1.54) is 12.1 Å². The number of carbonyl (C=O) groups is 1. The summed E-state index contributed by atoms with van der Waals surface area (Å²) in [4.78, 5) is 11.2. The Bertz CT molecular complexity index is 615. The molecule has 21 heavy (non-hydrogen) atoms. The summed E-state index contributed by atoms with van der Waals surface area (Å²) in [6.45, 7) is 3.11. The van der Waals surface area contributed by atoms with E-state index in [4.69, 9.17) is 16.7 Å². The van der Waals surface area contributed by atoms with Crippen molar-refractivity contribution in [3.8, 4) is 0 Å². The normalized spacial score (nSPS) is 13.2. The van der Waals surface area contributed by atoms with Crippen LogP contribution in [0.5, 0.6) is 0 Å². The van der Waals surface area contributed by atoms with Gasteiger partial charge in [-0.05, 0) is 23.6 Å². The largest absolute Gasteiger partial charge is 0.468 e. The third kappa shape index (κ3) is 4.41. The van der Waals surface area contributed by atoms with Gasteiger partial charge in [-0.2, -0.15) is 4.72 Å². The molecule has 0 aliphatic carbocycles. The molecule has 2 N–H and O–H groups in total. The van der Waals surface area contributed by atoms with E-state index in [1.54, 1.807) is 6.07 Å². The van der Waals surface area contributed by atoms with Crippen LogP contribution < -0.4 is 4.72 Å². The van der Waals surface area contributed by atoms with Gasteiger partial charge in [0.2, 0.25) is 10.0 Å². The first kappa shape index (κ1) is 17.9. The molecule has 0 bridgehead atoms. The molecule has 0 aliphatic rings. The lowest BCUT2D eigenvalue weighted by Crippen LogP contribution is -2.44. The van der Waals surface area contributed by atoms with E-state index in [-0.39, 0.29) is 15.8 Å². The van der Waals surface area contributed by atoms with E-state index in [0.29, 0.717) is 0 Å². The molecule has 118 valence electrons. The first-order valence-electron chi connectivity index (χ1n) is 6.23. The monoisotopic (exact) mass is 335 g/mol. The van der Waals surface area contributed by atoms with E-state index in [0.717, 1.165) is 12.7 Å². The van der Waals surface area contributed by atoms with Gasteiger partial charge in [0, 0.05) is 0 Å². The summed E-state index contributed by atoms with van der Waals surface area (Å²) in [6.07, 6.45) is 0. The molecule has 1 rings (SSSR count). The van der Waals surface area contributed by atoms with E-state index >= 15 is 0 Å². The molecular weight excluding hydrogens is 318 g/mol. The zero-order chi connectivity index (χ0) is 16.2. The molecule has 0 saturated carbocycles. The van der Waals surface area contributed by atoms with Crippen molar-refractivity contribution < 1.29 is 23.1 Å². The lowest BCUT2D eigenvalue weighted by atomic mass is 10.0. The van der Waals surface area contributed by atoms with Gasteiger partial charge in [-0.1, -0.05) is 31.5 Å². The van der Waals surface area contributed by atoms with Crippen molar-refractivity contribution in [1.29, 1.82) is 0 Å². The van der Waals surface area contributed by atoms with Crippen LogP contribution in [0.4, 0.5) is 0 Å². The molecule has 1 aromatic rings. The van der Waals surface area contributed by atoms with Crippen LogP contribution in [0.3, 0.4) is 0 Å². The number of hydrogen-bond donors (Lipinski definition) is 2. The van der Waals surface area contributed by atoms with Crippen LogP contribution in [0.25, 0.3) is 0 Å². The molecule has 0 unspecified atom stereocenters. The number of aliphatic hydroxyl groups is 1. The fourth-order valence-corrected chi connectivity index (χ4v) is 3.35. The molecule has 6 nitrogen and oxygen atoms in total. The van der Waals surface area contributed by atoms with Crippen molar-refractivity contribution in [2.45, 2.75) is 30.7 Å². The topological polar surface area (TPSA) is 92.7 Å². The summed E-state index contributed by atoms with van der Waals surface area (Å²) in [5.74, 6) is -0.761. The van der Waals surface area contributed by atoms with Crippen molar-refractivity contribution in [3.05, 3.63) is 28.8 Å². The second kappa shape index (κ2) is 7.22. The number of hydrogen-bond acceptors (Lipinski definition) is 5. The Hall–Kier alpha value is -1.15. The van der Waals surface area contributed by atoms with Gasteiger partial charge >= 0.3 is 5.97 Å². The molecule has 0 aromatic heterocycles. The van der Waals surface area contributed by atoms with Crippen LogP contribution >= 0.6 is 11.6 Å². The molecule has 0 aliphatic heterocycles. The average Bonchev–Trinajstić information content (AvgIpc) is 2.43. The quantitative estimate of drug-likeness (QED) is 0.764. The van der Waals surface area contributed by atoms with Crippen LogP contribution in [0.15, 0.2) is 23.1 Å². The Morgan fingerprint density at radius 2 is 2.05 bits per heavy atom. The molecule has 1 atom stereocenters. The molecule has 1 aromatic carbocycles. The summed E-state index contributed by atoms with van der Waals surface area (Å²) in [5.41, 5.74) is 0.790. The maximum absolute atomic E-state index is 12.3.